The Labute approximate surface area is 161 Å². The van der Waals surface area contributed by atoms with Crippen LogP contribution in [0.1, 0.15) is 38.8 Å². The monoisotopic (exact) mass is 391 g/mol. The molecule has 2 rings (SSSR count). The molecule has 1 atom stereocenters. The molecule has 0 aliphatic rings. The summed E-state index contributed by atoms with van der Waals surface area (Å²) in [5, 5.41) is 13.7. The minimum Gasteiger partial charge on any atom is -0.326 e. The lowest BCUT2D eigenvalue weighted by Crippen LogP contribution is -2.49. The van der Waals surface area contributed by atoms with Gasteiger partial charge in [-0.05, 0) is 27.2 Å². The molecule has 0 bridgehead atoms. The van der Waals surface area contributed by atoms with Crippen LogP contribution in [-0.4, -0.2) is 25.8 Å². The molecular formula is C20H27N2O4S+. The largest absolute Gasteiger partial charge is 0.329 e. The molecule has 2 aromatic rings. The SMILES string of the molecule is CC(=O)Nc1ccc([N+](O)(Cc2ccc(C(C)(C)C)cc2)S(C)(=O)=O)cc1. The van der Waals surface area contributed by atoms with Crippen LogP contribution < -0.4 is 9.37 Å². The van der Waals surface area contributed by atoms with Gasteiger partial charge in [0.2, 0.25) is 5.91 Å². The number of benzene rings is 2. The van der Waals surface area contributed by atoms with Crippen molar-refractivity contribution >= 4 is 27.3 Å². The molecule has 146 valence electrons. The van der Waals surface area contributed by atoms with Gasteiger partial charge in [0.25, 0.3) is 0 Å². The van der Waals surface area contributed by atoms with Crippen molar-refractivity contribution < 1.29 is 18.4 Å². The van der Waals surface area contributed by atoms with Gasteiger partial charge >= 0.3 is 10.0 Å². The van der Waals surface area contributed by atoms with Gasteiger partial charge in [-0.25, -0.2) is 0 Å². The van der Waals surface area contributed by atoms with Gasteiger partial charge in [-0.15, -0.1) is 0 Å². The molecule has 0 fully saturated rings. The summed E-state index contributed by atoms with van der Waals surface area (Å²) in [5.74, 6) is -0.227. The van der Waals surface area contributed by atoms with Crippen molar-refractivity contribution in [3.05, 3.63) is 59.7 Å². The molecule has 1 unspecified atom stereocenters. The minimum atomic E-state index is -3.88. The Hall–Kier alpha value is -2.22. The maximum Gasteiger partial charge on any atom is 0.329 e. The molecule has 2 N–H and O–H groups in total. The van der Waals surface area contributed by atoms with Crippen LogP contribution in [0, 0.1) is 0 Å². The number of rotatable bonds is 5. The Morgan fingerprint density at radius 2 is 1.56 bits per heavy atom. The van der Waals surface area contributed by atoms with Crippen LogP contribution in [0.25, 0.3) is 0 Å². The summed E-state index contributed by atoms with van der Waals surface area (Å²) in [6.45, 7) is 7.56. The highest BCUT2D eigenvalue weighted by Gasteiger charge is 2.40. The predicted molar refractivity (Wildman–Crippen MR) is 108 cm³/mol. The van der Waals surface area contributed by atoms with E-state index in [-0.39, 0.29) is 23.6 Å². The van der Waals surface area contributed by atoms with E-state index in [1.165, 1.54) is 19.1 Å². The Morgan fingerprint density at radius 1 is 1.04 bits per heavy atom. The molecule has 0 aliphatic heterocycles. The molecule has 0 spiro atoms. The summed E-state index contributed by atoms with van der Waals surface area (Å²) in [6, 6.07) is 13.7. The highest BCUT2D eigenvalue weighted by atomic mass is 32.2. The van der Waals surface area contributed by atoms with E-state index in [2.05, 4.69) is 26.1 Å². The molecule has 1 amide bonds. The van der Waals surface area contributed by atoms with Gasteiger partial charge in [0, 0.05) is 30.3 Å². The Bertz CT molecular complexity index is 914. The highest BCUT2D eigenvalue weighted by molar-refractivity contribution is 7.90. The molecule has 0 aromatic heterocycles. The predicted octanol–water partition coefficient (Wildman–Crippen LogP) is 3.80. The van der Waals surface area contributed by atoms with Gasteiger partial charge in [-0.3, -0.25) is 4.79 Å². The maximum atomic E-state index is 12.4. The first-order chi connectivity index (χ1) is 12.3. The third-order valence-electron chi connectivity index (χ3n) is 4.36. The van der Waals surface area contributed by atoms with E-state index < -0.39 is 14.1 Å². The molecule has 0 radical (unpaired) electrons. The molecule has 27 heavy (non-hydrogen) atoms. The fourth-order valence-electron chi connectivity index (χ4n) is 2.74. The molecule has 7 heteroatoms. The van der Waals surface area contributed by atoms with Crippen LogP contribution in [0.3, 0.4) is 0 Å². The first-order valence-electron chi connectivity index (χ1n) is 8.61. The first kappa shape index (κ1) is 21.1. The van der Waals surface area contributed by atoms with Gasteiger partial charge in [0.1, 0.15) is 0 Å². The number of sulfonamides is 1. The van der Waals surface area contributed by atoms with Crippen LogP contribution in [0.5, 0.6) is 0 Å². The van der Waals surface area contributed by atoms with Crippen molar-refractivity contribution in [1.82, 2.24) is 4.05 Å². The Balaban J connectivity index is 2.38. The Kier molecular flexibility index (Phi) is 5.79. The highest BCUT2D eigenvalue weighted by Crippen LogP contribution is 2.30. The summed E-state index contributed by atoms with van der Waals surface area (Å²) in [5.41, 5.74) is 2.54. The molecule has 0 heterocycles. The zero-order chi connectivity index (χ0) is 20.5. The van der Waals surface area contributed by atoms with Crippen molar-refractivity contribution in [3.8, 4) is 0 Å². The number of nitrogens with one attached hydrogen (secondary N) is 1. The van der Waals surface area contributed by atoms with Gasteiger partial charge in [-0.1, -0.05) is 45.0 Å². The number of carbonyl (C=O) groups is 1. The zero-order valence-electron chi connectivity index (χ0n) is 16.4. The van der Waals surface area contributed by atoms with Crippen molar-refractivity contribution in [1.29, 1.82) is 0 Å². The third-order valence-corrected chi connectivity index (χ3v) is 5.79. The first-order valence-corrected chi connectivity index (χ1v) is 10.5. The molecular weight excluding hydrogens is 364 g/mol. The summed E-state index contributed by atoms with van der Waals surface area (Å²) in [7, 11) is -3.88. The van der Waals surface area contributed by atoms with Crippen molar-refractivity contribution in [2.45, 2.75) is 39.7 Å². The minimum absolute atomic E-state index is 0.0138. The molecule has 0 saturated carbocycles. The second-order valence-electron chi connectivity index (χ2n) is 7.77. The zero-order valence-corrected chi connectivity index (χ0v) is 17.2. The third kappa shape index (κ3) is 4.94. The van der Waals surface area contributed by atoms with Crippen molar-refractivity contribution in [2.75, 3.05) is 11.6 Å². The number of hydrogen-bond donors (Lipinski definition) is 2. The Morgan fingerprint density at radius 3 is 1.96 bits per heavy atom. The molecule has 0 aliphatic carbocycles. The van der Waals surface area contributed by atoms with Gasteiger partial charge < -0.3 is 5.32 Å². The number of amides is 1. The number of carbonyl (C=O) groups excluding carboxylic acids is 1. The summed E-state index contributed by atoms with van der Waals surface area (Å²) < 4.78 is 23.6. The number of hydroxylamine groups is 1. The van der Waals surface area contributed by atoms with Crippen LogP contribution in [0.4, 0.5) is 11.4 Å². The van der Waals surface area contributed by atoms with Gasteiger partial charge in [-0.2, -0.15) is 13.6 Å². The number of hydrogen-bond acceptors (Lipinski definition) is 4. The smallest absolute Gasteiger partial charge is 0.326 e. The number of nitrogens with zero attached hydrogens (tertiary/aromatic N) is 1. The van der Waals surface area contributed by atoms with E-state index >= 15 is 0 Å². The lowest BCUT2D eigenvalue weighted by molar-refractivity contribution is -0.114. The van der Waals surface area contributed by atoms with Crippen LogP contribution in [0.15, 0.2) is 48.5 Å². The summed E-state index contributed by atoms with van der Waals surface area (Å²) in [4.78, 5) is 11.1. The van der Waals surface area contributed by atoms with E-state index in [4.69, 9.17) is 0 Å². The molecule has 0 saturated heterocycles. The lowest BCUT2D eigenvalue weighted by atomic mass is 9.87. The summed E-state index contributed by atoms with van der Waals surface area (Å²) >= 11 is 0. The number of quaternary nitrogens is 1. The van der Waals surface area contributed by atoms with Crippen LogP contribution in [-0.2, 0) is 26.8 Å². The average Bonchev–Trinajstić information content (AvgIpc) is 2.53. The van der Waals surface area contributed by atoms with Crippen molar-refractivity contribution in [2.24, 2.45) is 0 Å². The molecule has 6 nitrogen and oxygen atoms in total. The quantitative estimate of drug-likeness (QED) is 0.600. The number of anilines is 1. The van der Waals surface area contributed by atoms with E-state index in [9.17, 15) is 18.4 Å². The fraction of sp³-hybridized carbons (Fsp3) is 0.350. The van der Waals surface area contributed by atoms with E-state index in [0.29, 0.717) is 11.3 Å². The normalized spacial score (nSPS) is 14.4. The van der Waals surface area contributed by atoms with E-state index in [1.807, 2.05) is 24.3 Å². The topological polar surface area (TPSA) is 83.5 Å². The van der Waals surface area contributed by atoms with E-state index in [0.717, 1.165) is 11.8 Å². The fourth-order valence-corrected chi connectivity index (χ4v) is 3.63. The van der Waals surface area contributed by atoms with Crippen molar-refractivity contribution in [3.63, 3.8) is 0 Å². The maximum absolute atomic E-state index is 12.4. The molecule has 2 aromatic carbocycles. The van der Waals surface area contributed by atoms with Crippen LogP contribution >= 0.6 is 0 Å². The summed E-state index contributed by atoms with van der Waals surface area (Å²) in [6.07, 6.45) is 0.998. The van der Waals surface area contributed by atoms with Gasteiger partial charge in [0.15, 0.2) is 12.2 Å². The average molecular weight is 392 g/mol. The lowest BCUT2D eigenvalue weighted by Gasteiger charge is -2.27. The van der Waals surface area contributed by atoms with E-state index in [1.54, 1.807) is 12.1 Å². The second-order valence-corrected chi connectivity index (χ2v) is 9.84. The van der Waals surface area contributed by atoms with Gasteiger partial charge in [0.05, 0.1) is 6.26 Å². The standard InChI is InChI=1S/C20H26N2O4S/c1-15(23)21-18-10-12-19(13-11-18)22(24,27(5,25)26)14-16-6-8-17(9-7-16)20(2,3)4/h6-13,24H,14H2,1-5H3/p+1. The van der Waals surface area contributed by atoms with Crippen LogP contribution in [0.2, 0.25) is 0 Å². The second kappa shape index (κ2) is 7.42.